The highest BCUT2D eigenvalue weighted by atomic mass is 32.2. The first-order valence-corrected chi connectivity index (χ1v) is 10.2. The Hall–Kier alpha value is -2.18. The van der Waals surface area contributed by atoms with Gasteiger partial charge >= 0.3 is 6.18 Å². The molecule has 1 N–H and O–H groups in total. The third kappa shape index (κ3) is 5.46. The molecule has 1 aromatic carbocycles. The zero-order chi connectivity index (χ0) is 21.8. The summed E-state index contributed by atoms with van der Waals surface area (Å²) in [6.07, 6.45) is -4.35. The van der Waals surface area contributed by atoms with E-state index in [1.54, 1.807) is 0 Å². The number of carbonyl (C=O) groups excluding carboxylic acids is 1. The molecule has 0 bridgehead atoms. The van der Waals surface area contributed by atoms with Gasteiger partial charge in [-0.3, -0.25) is 4.79 Å². The number of nitrogens with zero attached hydrogens (tertiary/aromatic N) is 3. The minimum absolute atomic E-state index is 0.0993. The molecule has 2 rings (SSSR count). The van der Waals surface area contributed by atoms with Crippen molar-refractivity contribution in [3.63, 3.8) is 0 Å². The van der Waals surface area contributed by atoms with E-state index in [1.807, 2.05) is 0 Å². The number of rotatable bonds is 9. The predicted molar refractivity (Wildman–Crippen MR) is 99.7 cm³/mol. The molecule has 0 aliphatic rings. The first kappa shape index (κ1) is 23.1. The minimum atomic E-state index is -4.76. The molecule has 0 aliphatic heterocycles. The molecule has 162 valence electrons. The second-order valence-corrected chi connectivity index (χ2v) is 8.62. The van der Waals surface area contributed by atoms with Crippen LogP contribution in [-0.4, -0.2) is 62.5 Å². The van der Waals surface area contributed by atoms with Gasteiger partial charge in [0.05, 0.1) is 15.9 Å². The third-order valence-electron chi connectivity index (χ3n) is 4.16. The summed E-state index contributed by atoms with van der Waals surface area (Å²) in [4.78, 5) is 15.3. The van der Waals surface area contributed by atoms with E-state index in [0.717, 1.165) is 14.9 Å². The lowest BCUT2D eigenvalue weighted by atomic mass is 10.3. The van der Waals surface area contributed by atoms with Gasteiger partial charge in [-0.15, -0.1) is 0 Å². The fourth-order valence-electron chi connectivity index (χ4n) is 2.67. The lowest BCUT2D eigenvalue weighted by Gasteiger charge is -2.12. The quantitative estimate of drug-likeness (QED) is 0.606. The second kappa shape index (κ2) is 9.09. The highest BCUT2D eigenvalue weighted by Gasteiger charge is 2.37. The average Bonchev–Trinajstić information content (AvgIpc) is 3.01. The van der Waals surface area contributed by atoms with E-state index in [0.29, 0.717) is 19.6 Å². The van der Waals surface area contributed by atoms with Crippen molar-refractivity contribution in [2.75, 3.05) is 34.4 Å². The van der Waals surface area contributed by atoms with Gasteiger partial charge in [-0.05, 0) is 24.6 Å². The van der Waals surface area contributed by atoms with Crippen molar-refractivity contribution in [1.82, 2.24) is 19.2 Å². The van der Waals surface area contributed by atoms with Gasteiger partial charge in [0.2, 0.25) is 21.8 Å². The molecule has 1 heterocycles. The standard InChI is InChI=1S/C17H23F3N4O4S/c1-23(2)29(26,27)12-5-6-14-13(11-12)22-16(17(18,19)20)24(14)9-7-15(25)21-8-4-10-28-3/h5-6,11H,4,7-10H2,1-3H3,(H,21,25). The van der Waals surface area contributed by atoms with Gasteiger partial charge in [0.25, 0.3) is 0 Å². The Morgan fingerprint density at radius 2 is 2.00 bits per heavy atom. The van der Waals surface area contributed by atoms with Gasteiger partial charge in [0.1, 0.15) is 0 Å². The molecule has 1 aromatic heterocycles. The Morgan fingerprint density at radius 3 is 2.59 bits per heavy atom. The van der Waals surface area contributed by atoms with Crippen LogP contribution in [0.4, 0.5) is 13.2 Å². The first-order chi connectivity index (χ1) is 13.5. The number of aromatic nitrogens is 2. The van der Waals surface area contributed by atoms with Crippen LogP contribution in [0.15, 0.2) is 23.1 Å². The predicted octanol–water partition coefficient (Wildman–Crippen LogP) is 1.85. The molecular formula is C17H23F3N4O4S. The fourth-order valence-corrected chi connectivity index (χ4v) is 3.59. The summed E-state index contributed by atoms with van der Waals surface area (Å²) in [7, 11) is 0.356. The van der Waals surface area contributed by atoms with E-state index in [4.69, 9.17) is 4.74 Å². The first-order valence-electron chi connectivity index (χ1n) is 8.74. The van der Waals surface area contributed by atoms with E-state index >= 15 is 0 Å². The van der Waals surface area contributed by atoms with Crippen LogP contribution in [0.25, 0.3) is 11.0 Å². The number of halogens is 3. The van der Waals surface area contributed by atoms with E-state index in [2.05, 4.69) is 10.3 Å². The largest absolute Gasteiger partial charge is 0.449 e. The molecule has 8 nitrogen and oxygen atoms in total. The number of alkyl halides is 3. The normalized spacial score (nSPS) is 12.7. The van der Waals surface area contributed by atoms with Crippen LogP contribution in [0.1, 0.15) is 18.7 Å². The molecule has 1 amide bonds. The highest BCUT2D eigenvalue weighted by molar-refractivity contribution is 7.89. The van der Waals surface area contributed by atoms with Crippen molar-refractivity contribution < 1.29 is 31.1 Å². The summed E-state index contributed by atoms with van der Waals surface area (Å²) in [5.74, 6) is -1.58. The van der Waals surface area contributed by atoms with E-state index in [9.17, 15) is 26.4 Å². The summed E-state index contributed by atoms with van der Waals surface area (Å²) in [5, 5.41) is 2.61. The number of fused-ring (bicyclic) bond motifs is 1. The van der Waals surface area contributed by atoms with Gasteiger partial charge in [-0.25, -0.2) is 17.7 Å². The van der Waals surface area contributed by atoms with E-state index in [1.165, 1.54) is 33.3 Å². The number of carbonyl (C=O) groups is 1. The molecule has 0 aliphatic carbocycles. The second-order valence-electron chi connectivity index (χ2n) is 6.47. The molecule has 0 radical (unpaired) electrons. The van der Waals surface area contributed by atoms with Crippen LogP contribution in [0, 0.1) is 0 Å². The van der Waals surface area contributed by atoms with Crippen LogP contribution < -0.4 is 5.32 Å². The molecule has 0 atom stereocenters. The molecule has 2 aromatic rings. The Morgan fingerprint density at radius 1 is 1.31 bits per heavy atom. The number of ether oxygens (including phenoxy) is 1. The van der Waals surface area contributed by atoms with Crippen molar-refractivity contribution in [3.05, 3.63) is 24.0 Å². The van der Waals surface area contributed by atoms with Gasteiger partial charge < -0.3 is 14.6 Å². The summed E-state index contributed by atoms with van der Waals surface area (Å²) in [6.45, 7) is 0.569. The summed E-state index contributed by atoms with van der Waals surface area (Å²) in [5.41, 5.74) is -0.0111. The van der Waals surface area contributed by atoms with Crippen molar-refractivity contribution in [2.24, 2.45) is 0 Å². The highest BCUT2D eigenvalue weighted by Crippen LogP contribution is 2.32. The average molecular weight is 436 g/mol. The molecular weight excluding hydrogens is 413 g/mol. The Kier molecular flexibility index (Phi) is 7.25. The molecule has 0 spiro atoms. The molecule has 12 heteroatoms. The van der Waals surface area contributed by atoms with Crippen molar-refractivity contribution in [3.8, 4) is 0 Å². The minimum Gasteiger partial charge on any atom is -0.385 e. The Labute approximate surface area is 166 Å². The van der Waals surface area contributed by atoms with Crippen molar-refractivity contribution >= 4 is 27.0 Å². The van der Waals surface area contributed by atoms with Crippen molar-refractivity contribution in [1.29, 1.82) is 0 Å². The Bertz CT molecular complexity index is 971. The summed E-state index contributed by atoms with van der Waals surface area (Å²) in [6, 6.07) is 3.59. The van der Waals surface area contributed by atoms with Crippen LogP contribution >= 0.6 is 0 Å². The topological polar surface area (TPSA) is 93.5 Å². The number of hydrogen-bond donors (Lipinski definition) is 1. The van der Waals surface area contributed by atoms with Crippen LogP contribution in [0.3, 0.4) is 0 Å². The molecule has 0 saturated carbocycles. The number of benzene rings is 1. The fraction of sp³-hybridized carbons (Fsp3) is 0.529. The van der Waals surface area contributed by atoms with Gasteiger partial charge in [0, 0.05) is 47.3 Å². The molecule has 0 saturated heterocycles. The molecule has 0 fully saturated rings. The van der Waals surface area contributed by atoms with E-state index < -0.39 is 27.9 Å². The maximum atomic E-state index is 13.4. The van der Waals surface area contributed by atoms with Gasteiger partial charge in [0.15, 0.2) is 0 Å². The number of aryl methyl sites for hydroxylation is 1. The number of amides is 1. The number of imidazole rings is 1. The zero-order valence-electron chi connectivity index (χ0n) is 16.3. The number of hydrogen-bond acceptors (Lipinski definition) is 5. The lowest BCUT2D eigenvalue weighted by molar-refractivity contribution is -0.147. The van der Waals surface area contributed by atoms with Crippen LogP contribution in [0.5, 0.6) is 0 Å². The van der Waals surface area contributed by atoms with Crippen LogP contribution in [-0.2, 0) is 32.3 Å². The van der Waals surface area contributed by atoms with E-state index in [-0.39, 0.29) is 28.9 Å². The smallest absolute Gasteiger partial charge is 0.385 e. The molecule has 0 unspecified atom stereocenters. The Balaban J connectivity index is 2.32. The monoisotopic (exact) mass is 436 g/mol. The lowest BCUT2D eigenvalue weighted by Crippen LogP contribution is -2.27. The van der Waals surface area contributed by atoms with Crippen molar-refractivity contribution in [2.45, 2.75) is 30.5 Å². The van der Waals surface area contributed by atoms with Crippen LogP contribution in [0.2, 0.25) is 0 Å². The maximum Gasteiger partial charge on any atom is 0.449 e. The number of nitrogens with one attached hydrogen (secondary N) is 1. The number of sulfonamides is 1. The zero-order valence-corrected chi connectivity index (χ0v) is 17.1. The maximum absolute atomic E-state index is 13.4. The SMILES string of the molecule is COCCCNC(=O)CCn1c(C(F)(F)F)nc2cc(S(=O)(=O)N(C)C)ccc21. The number of methoxy groups -OCH3 is 1. The summed E-state index contributed by atoms with van der Waals surface area (Å²) >= 11 is 0. The van der Waals surface area contributed by atoms with Gasteiger partial charge in [-0.2, -0.15) is 13.2 Å². The summed E-state index contributed by atoms with van der Waals surface area (Å²) < 4.78 is 71.5. The van der Waals surface area contributed by atoms with Gasteiger partial charge in [-0.1, -0.05) is 0 Å². The molecule has 29 heavy (non-hydrogen) atoms. The third-order valence-corrected chi connectivity index (χ3v) is 5.97.